The van der Waals surface area contributed by atoms with E-state index >= 15 is 0 Å². The SMILES string of the molecule is CCCCCCCCCCCCCCCc1cc([N+](=O)[O-])c([N+](=O)[O-])c(O)c1C(=O)C(O)c1ccccc1. The Balaban J connectivity index is 2.02. The average molecular weight is 529 g/mol. The second-order valence-electron chi connectivity index (χ2n) is 9.81. The van der Waals surface area contributed by atoms with Crippen LogP contribution in [-0.4, -0.2) is 25.8 Å². The molecular weight excluding hydrogens is 488 g/mol. The molecular formula is C29H40N2O7. The number of aromatic hydroxyl groups is 1. The Hall–Kier alpha value is -3.33. The van der Waals surface area contributed by atoms with Gasteiger partial charge >= 0.3 is 11.4 Å². The number of phenols is 1. The Morgan fingerprint density at radius 3 is 1.79 bits per heavy atom. The lowest BCUT2D eigenvalue weighted by Crippen LogP contribution is -2.16. The van der Waals surface area contributed by atoms with Gasteiger partial charge in [-0.05, 0) is 24.0 Å². The van der Waals surface area contributed by atoms with Gasteiger partial charge in [-0.1, -0.05) is 114 Å². The summed E-state index contributed by atoms with van der Waals surface area (Å²) >= 11 is 0. The largest absolute Gasteiger partial charge is 0.501 e. The summed E-state index contributed by atoms with van der Waals surface area (Å²) in [6.07, 6.45) is 13.4. The van der Waals surface area contributed by atoms with E-state index in [0.717, 1.165) is 31.7 Å². The molecule has 0 amide bonds. The van der Waals surface area contributed by atoms with E-state index in [2.05, 4.69) is 6.92 Å². The van der Waals surface area contributed by atoms with Crippen LogP contribution in [0.2, 0.25) is 0 Å². The molecule has 2 aromatic carbocycles. The van der Waals surface area contributed by atoms with Crippen molar-refractivity contribution >= 4 is 17.2 Å². The molecule has 1 atom stereocenters. The first-order valence-electron chi connectivity index (χ1n) is 13.7. The van der Waals surface area contributed by atoms with E-state index < -0.39 is 44.4 Å². The summed E-state index contributed by atoms with van der Waals surface area (Å²) in [6.45, 7) is 2.22. The molecule has 208 valence electrons. The lowest BCUT2D eigenvalue weighted by Gasteiger charge is -2.15. The Morgan fingerprint density at radius 1 is 0.816 bits per heavy atom. The zero-order chi connectivity index (χ0) is 27.9. The van der Waals surface area contributed by atoms with Crippen LogP contribution >= 0.6 is 0 Å². The Morgan fingerprint density at radius 2 is 1.32 bits per heavy atom. The molecule has 0 spiro atoms. The van der Waals surface area contributed by atoms with Gasteiger partial charge in [0.1, 0.15) is 6.10 Å². The molecule has 1 unspecified atom stereocenters. The van der Waals surface area contributed by atoms with Gasteiger partial charge in [0.2, 0.25) is 5.75 Å². The van der Waals surface area contributed by atoms with Crippen molar-refractivity contribution in [3.05, 3.63) is 73.3 Å². The fourth-order valence-corrected chi connectivity index (χ4v) is 4.75. The number of ketones is 1. The zero-order valence-corrected chi connectivity index (χ0v) is 22.3. The van der Waals surface area contributed by atoms with Gasteiger partial charge in [-0.25, -0.2) is 0 Å². The van der Waals surface area contributed by atoms with Crippen molar-refractivity contribution in [2.45, 2.75) is 103 Å². The van der Waals surface area contributed by atoms with Crippen LogP contribution in [-0.2, 0) is 6.42 Å². The molecule has 0 aliphatic carbocycles. The van der Waals surface area contributed by atoms with Gasteiger partial charge < -0.3 is 10.2 Å². The number of hydrogen-bond donors (Lipinski definition) is 2. The summed E-state index contributed by atoms with van der Waals surface area (Å²) in [5.41, 5.74) is -2.07. The van der Waals surface area contributed by atoms with Crippen molar-refractivity contribution in [3.8, 4) is 5.75 Å². The van der Waals surface area contributed by atoms with Crippen molar-refractivity contribution < 1.29 is 24.9 Å². The van der Waals surface area contributed by atoms with Gasteiger partial charge in [-0.3, -0.25) is 25.0 Å². The van der Waals surface area contributed by atoms with Crippen LogP contribution in [0.3, 0.4) is 0 Å². The molecule has 2 N–H and O–H groups in total. The first-order valence-corrected chi connectivity index (χ1v) is 13.7. The number of carbonyl (C=O) groups excluding carboxylic acids is 1. The first-order chi connectivity index (χ1) is 18.3. The average Bonchev–Trinajstić information content (AvgIpc) is 2.90. The molecule has 0 aliphatic heterocycles. The molecule has 0 aliphatic rings. The predicted molar refractivity (Wildman–Crippen MR) is 147 cm³/mol. The van der Waals surface area contributed by atoms with Crippen LogP contribution in [0.1, 0.15) is 118 Å². The lowest BCUT2D eigenvalue weighted by atomic mass is 9.91. The van der Waals surface area contributed by atoms with Crippen molar-refractivity contribution in [2.75, 3.05) is 0 Å². The van der Waals surface area contributed by atoms with E-state index in [9.17, 15) is 35.2 Å². The third-order valence-corrected chi connectivity index (χ3v) is 6.87. The number of Topliss-reactive ketones (excluding diaryl/α,β-unsaturated/α-hetero) is 1. The third kappa shape index (κ3) is 9.20. The Bertz CT molecular complexity index is 1060. The topological polar surface area (TPSA) is 144 Å². The highest BCUT2D eigenvalue weighted by Gasteiger charge is 2.37. The number of nitrogens with zero attached hydrogens (tertiary/aromatic N) is 2. The predicted octanol–water partition coefficient (Wildman–Crippen LogP) is 7.76. The molecule has 0 saturated heterocycles. The normalized spacial score (nSPS) is 11.8. The molecule has 0 saturated carbocycles. The van der Waals surface area contributed by atoms with Crippen molar-refractivity contribution in [1.82, 2.24) is 0 Å². The number of phenolic OH excluding ortho intramolecular Hbond substituents is 1. The number of aliphatic hydroxyl groups excluding tert-OH is 1. The van der Waals surface area contributed by atoms with E-state index in [1.165, 1.54) is 63.5 Å². The van der Waals surface area contributed by atoms with Gasteiger partial charge in [0.15, 0.2) is 5.78 Å². The zero-order valence-electron chi connectivity index (χ0n) is 22.3. The van der Waals surface area contributed by atoms with Crippen LogP contribution in [0.4, 0.5) is 11.4 Å². The van der Waals surface area contributed by atoms with Gasteiger partial charge in [0.05, 0.1) is 15.4 Å². The number of nitro benzene ring substituents is 2. The number of hydrogen-bond acceptors (Lipinski definition) is 7. The van der Waals surface area contributed by atoms with E-state index in [1.807, 2.05) is 0 Å². The Kier molecular flexibility index (Phi) is 13.4. The molecule has 0 heterocycles. The summed E-state index contributed by atoms with van der Waals surface area (Å²) in [5, 5.41) is 44.3. The molecule has 9 nitrogen and oxygen atoms in total. The van der Waals surface area contributed by atoms with E-state index in [1.54, 1.807) is 18.2 Å². The minimum Gasteiger partial charge on any atom is -0.501 e. The summed E-state index contributed by atoms with van der Waals surface area (Å²) < 4.78 is 0. The van der Waals surface area contributed by atoms with Crippen LogP contribution in [0.15, 0.2) is 36.4 Å². The summed E-state index contributed by atoms with van der Waals surface area (Å²) in [5.74, 6) is -2.01. The highest BCUT2D eigenvalue weighted by Crippen LogP contribution is 2.42. The van der Waals surface area contributed by atoms with Crippen molar-refractivity contribution in [2.24, 2.45) is 0 Å². The maximum absolute atomic E-state index is 13.2. The van der Waals surface area contributed by atoms with Crippen LogP contribution in [0, 0.1) is 20.2 Å². The monoisotopic (exact) mass is 528 g/mol. The number of unbranched alkanes of at least 4 members (excludes halogenated alkanes) is 12. The second kappa shape index (κ2) is 16.5. The number of aryl methyl sites for hydroxylation is 1. The molecule has 2 aromatic rings. The highest BCUT2D eigenvalue weighted by molar-refractivity contribution is 6.05. The van der Waals surface area contributed by atoms with Crippen LogP contribution in [0.5, 0.6) is 5.75 Å². The molecule has 0 radical (unpaired) electrons. The molecule has 38 heavy (non-hydrogen) atoms. The van der Waals surface area contributed by atoms with Crippen LogP contribution in [0.25, 0.3) is 0 Å². The quantitative estimate of drug-likeness (QED) is 0.0820. The van der Waals surface area contributed by atoms with Gasteiger partial charge in [-0.2, -0.15) is 0 Å². The number of rotatable bonds is 19. The maximum Gasteiger partial charge on any atom is 0.387 e. The number of carbonyl (C=O) groups is 1. The van der Waals surface area contributed by atoms with Crippen molar-refractivity contribution in [1.29, 1.82) is 0 Å². The van der Waals surface area contributed by atoms with Gasteiger partial charge in [-0.15, -0.1) is 0 Å². The summed E-state index contributed by atoms with van der Waals surface area (Å²) in [6, 6.07) is 8.98. The third-order valence-electron chi connectivity index (χ3n) is 6.87. The highest BCUT2D eigenvalue weighted by atomic mass is 16.6. The summed E-state index contributed by atoms with van der Waals surface area (Å²) in [7, 11) is 0. The van der Waals surface area contributed by atoms with E-state index in [4.69, 9.17) is 0 Å². The number of aliphatic hydroxyl groups is 1. The first kappa shape index (κ1) is 30.9. The fourth-order valence-electron chi connectivity index (χ4n) is 4.75. The fraction of sp³-hybridized carbons (Fsp3) is 0.552. The molecule has 0 fully saturated rings. The Labute approximate surface area is 224 Å². The van der Waals surface area contributed by atoms with Gasteiger partial charge in [0, 0.05) is 6.07 Å². The lowest BCUT2D eigenvalue weighted by molar-refractivity contribution is -0.423. The van der Waals surface area contributed by atoms with Crippen LogP contribution < -0.4 is 0 Å². The molecule has 2 rings (SSSR count). The molecule has 9 heteroatoms. The summed E-state index contributed by atoms with van der Waals surface area (Å²) in [4.78, 5) is 34.2. The van der Waals surface area contributed by atoms with Gasteiger partial charge in [0.25, 0.3) is 0 Å². The maximum atomic E-state index is 13.2. The number of nitro groups is 2. The smallest absolute Gasteiger partial charge is 0.387 e. The molecule has 0 aromatic heterocycles. The van der Waals surface area contributed by atoms with Crippen molar-refractivity contribution in [3.63, 3.8) is 0 Å². The standard InChI is InChI=1S/C29H40N2O7/c1-2-3-4-5-6-7-8-9-10-11-12-13-15-20-23-21-24(30(35)36)26(31(37)38)28(33)25(23)29(34)27(32)22-18-16-14-17-19-22/h14,16-19,21,27,32-33H,2-13,15,20H2,1H3. The minimum atomic E-state index is -1.67. The molecule has 0 bridgehead atoms. The van der Waals surface area contributed by atoms with E-state index in [0.29, 0.717) is 6.42 Å². The minimum absolute atomic E-state index is 0.128. The van der Waals surface area contributed by atoms with E-state index in [-0.39, 0.29) is 17.5 Å². The second-order valence-corrected chi connectivity index (χ2v) is 9.81. The number of benzene rings is 2.